The van der Waals surface area contributed by atoms with Crippen LogP contribution in [-0.2, 0) is 24.5 Å². The number of aromatic amines is 1. The van der Waals surface area contributed by atoms with Crippen LogP contribution in [0, 0.1) is 6.92 Å². The van der Waals surface area contributed by atoms with E-state index in [4.69, 9.17) is 4.74 Å². The SMILES string of the molecule is Cc1cc(C2CCN(C(=O)OCc3ccccc3)CC2)c(=O)[nH]n1.[Cl][Cu][Cl]. The summed E-state index contributed by atoms with van der Waals surface area (Å²) >= 11 is 0.757. The van der Waals surface area contributed by atoms with Crippen LogP contribution in [-0.4, -0.2) is 34.3 Å². The van der Waals surface area contributed by atoms with Crippen molar-refractivity contribution in [2.24, 2.45) is 0 Å². The first-order valence-electron chi connectivity index (χ1n) is 8.38. The van der Waals surface area contributed by atoms with Crippen molar-refractivity contribution in [3.63, 3.8) is 0 Å². The van der Waals surface area contributed by atoms with E-state index in [1.165, 1.54) is 0 Å². The van der Waals surface area contributed by atoms with Gasteiger partial charge >= 0.3 is 39.4 Å². The molecule has 0 unspecified atom stereocenters. The Morgan fingerprint density at radius 3 is 2.56 bits per heavy atom. The van der Waals surface area contributed by atoms with Crippen molar-refractivity contribution in [2.45, 2.75) is 32.3 Å². The fourth-order valence-corrected chi connectivity index (χ4v) is 3.01. The molecule has 1 N–H and O–H groups in total. The maximum absolute atomic E-state index is 12.2. The number of nitrogens with one attached hydrogen (secondary N) is 1. The summed E-state index contributed by atoms with van der Waals surface area (Å²) in [5, 5.41) is 6.44. The fourth-order valence-electron chi connectivity index (χ4n) is 3.01. The molecule has 0 spiro atoms. The topological polar surface area (TPSA) is 75.3 Å². The third-order valence-corrected chi connectivity index (χ3v) is 4.36. The van der Waals surface area contributed by atoms with E-state index in [1.54, 1.807) is 4.90 Å². The predicted octanol–water partition coefficient (Wildman–Crippen LogP) is 3.97. The third kappa shape index (κ3) is 6.85. The molecule has 2 aromatic rings. The molecule has 0 saturated carbocycles. The zero-order chi connectivity index (χ0) is 19.6. The second-order valence-electron chi connectivity index (χ2n) is 6.14. The number of hydrogen-bond donors (Lipinski definition) is 1. The number of rotatable bonds is 3. The number of carbonyl (C=O) groups is 1. The Morgan fingerprint density at radius 2 is 1.93 bits per heavy atom. The second-order valence-corrected chi connectivity index (χ2v) is 7.69. The van der Waals surface area contributed by atoms with Gasteiger partial charge < -0.3 is 9.64 Å². The molecule has 0 atom stereocenters. The number of ether oxygens (including phenoxy) is 1. The number of likely N-dealkylation sites (tertiary alicyclic amines) is 1. The van der Waals surface area contributed by atoms with Crippen molar-refractivity contribution in [3.8, 4) is 0 Å². The number of carbonyl (C=O) groups excluding carboxylic acids is 1. The Labute approximate surface area is 172 Å². The van der Waals surface area contributed by atoms with Gasteiger partial charge in [0.25, 0.3) is 5.56 Å². The molecule has 151 valence electrons. The van der Waals surface area contributed by atoms with E-state index >= 15 is 0 Å². The number of hydrogen-bond acceptors (Lipinski definition) is 4. The standard InChI is InChI=1S/C18H21N3O3.2ClH.Cu/c1-13-11-16(17(22)20-19-13)15-7-9-21(10-8-15)18(23)24-12-14-5-3-2-4-6-14;;;/h2-6,11,15H,7-10,12H2,1H3,(H,20,22);2*1H;/q;;;+2/p-2. The van der Waals surface area contributed by atoms with Crippen LogP contribution in [0.25, 0.3) is 0 Å². The Bertz CT molecular complexity index is 781. The normalized spacial score (nSPS) is 14.4. The quantitative estimate of drug-likeness (QED) is 0.702. The van der Waals surface area contributed by atoms with Crippen molar-refractivity contribution < 1.29 is 22.7 Å². The Morgan fingerprint density at radius 1 is 1.30 bits per heavy atom. The molecule has 0 bridgehead atoms. The van der Waals surface area contributed by atoms with Crippen LogP contribution >= 0.6 is 20.2 Å². The van der Waals surface area contributed by atoms with Crippen molar-refractivity contribution in [2.75, 3.05) is 13.1 Å². The molecule has 1 aromatic heterocycles. The summed E-state index contributed by atoms with van der Waals surface area (Å²) < 4.78 is 5.36. The summed E-state index contributed by atoms with van der Waals surface area (Å²) in [6.07, 6.45) is 1.22. The molecule has 2 heterocycles. The van der Waals surface area contributed by atoms with Crippen LogP contribution in [0.4, 0.5) is 4.79 Å². The molecule has 6 nitrogen and oxygen atoms in total. The Balaban J connectivity index is 0.000000817. The zero-order valence-corrected chi connectivity index (χ0v) is 17.2. The molecule has 1 aliphatic rings. The first-order valence-corrected chi connectivity index (χ1v) is 11.0. The van der Waals surface area contributed by atoms with Gasteiger partial charge in [0, 0.05) is 18.7 Å². The van der Waals surface area contributed by atoms with E-state index in [0.29, 0.717) is 13.1 Å². The summed E-state index contributed by atoms with van der Waals surface area (Å²) in [6, 6.07) is 11.5. The molecule has 9 heteroatoms. The van der Waals surface area contributed by atoms with Crippen molar-refractivity contribution >= 4 is 26.3 Å². The van der Waals surface area contributed by atoms with E-state index in [9.17, 15) is 9.59 Å². The zero-order valence-electron chi connectivity index (χ0n) is 14.8. The maximum atomic E-state index is 12.2. The van der Waals surface area contributed by atoms with E-state index in [2.05, 4.69) is 30.4 Å². The van der Waals surface area contributed by atoms with Crippen LogP contribution in [0.5, 0.6) is 0 Å². The monoisotopic (exact) mass is 460 g/mol. The molecule has 27 heavy (non-hydrogen) atoms. The van der Waals surface area contributed by atoms with Gasteiger partial charge in [-0.25, -0.2) is 9.89 Å². The number of nitrogens with zero attached hydrogens (tertiary/aromatic N) is 2. The fraction of sp³-hybridized carbons (Fsp3) is 0.389. The van der Waals surface area contributed by atoms with Gasteiger partial charge in [0.2, 0.25) is 0 Å². The van der Waals surface area contributed by atoms with Crippen molar-refractivity contribution in [3.05, 3.63) is 63.6 Å². The third-order valence-electron chi connectivity index (χ3n) is 4.36. The molecule has 1 aromatic carbocycles. The summed E-state index contributed by atoms with van der Waals surface area (Å²) in [7, 11) is 9.34. The number of amides is 1. The van der Waals surface area contributed by atoms with Crippen LogP contribution in [0.1, 0.15) is 35.6 Å². The van der Waals surface area contributed by atoms with Crippen molar-refractivity contribution in [1.29, 1.82) is 0 Å². The summed E-state index contributed by atoms with van der Waals surface area (Å²) in [5.41, 5.74) is 2.40. The number of piperidine rings is 1. The first kappa shape index (κ1) is 21.8. The van der Waals surface area contributed by atoms with Gasteiger partial charge in [-0.3, -0.25) is 4.79 Å². The number of aromatic nitrogens is 2. The van der Waals surface area contributed by atoms with Gasteiger partial charge in [-0.1, -0.05) is 30.3 Å². The predicted molar refractivity (Wildman–Crippen MR) is 101 cm³/mol. The van der Waals surface area contributed by atoms with Crippen LogP contribution in [0.15, 0.2) is 41.2 Å². The van der Waals surface area contributed by atoms with Gasteiger partial charge in [-0.15, -0.1) is 0 Å². The Kier molecular flexibility index (Phi) is 9.14. The number of aryl methyl sites for hydroxylation is 1. The number of halogens is 2. The molecule has 0 aliphatic carbocycles. The summed E-state index contributed by atoms with van der Waals surface area (Å²) in [6.45, 7) is 3.33. The molecule has 3 rings (SSSR count). The van der Waals surface area contributed by atoms with Gasteiger partial charge in [-0.05, 0) is 37.3 Å². The van der Waals surface area contributed by atoms with Gasteiger partial charge in [-0.2, -0.15) is 5.10 Å². The minimum atomic E-state index is -0.294. The molecule has 0 radical (unpaired) electrons. The first-order chi connectivity index (χ1) is 13.0. The number of H-pyrrole nitrogens is 1. The average molecular weight is 462 g/mol. The van der Waals surface area contributed by atoms with Crippen molar-refractivity contribution in [1.82, 2.24) is 15.1 Å². The van der Waals surface area contributed by atoms with Crippen LogP contribution in [0.3, 0.4) is 0 Å². The van der Waals surface area contributed by atoms with E-state index in [1.807, 2.05) is 43.3 Å². The van der Waals surface area contributed by atoms with E-state index in [0.717, 1.165) is 42.8 Å². The average Bonchev–Trinajstić information content (AvgIpc) is 2.69. The van der Waals surface area contributed by atoms with Gasteiger partial charge in [0.05, 0.1) is 5.69 Å². The van der Waals surface area contributed by atoms with Gasteiger partial charge in [0.15, 0.2) is 0 Å². The summed E-state index contributed by atoms with van der Waals surface area (Å²) in [4.78, 5) is 25.8. The minimum absolute atomic E-state index is 0.134. The molecular formula is C18H21Cl2CuN3O3. The van der Waals surface area contributed by atoms with E-state index in [-0.39, 0.29) is 24.2 Å². The molecule has 1 amide bonds. The number of benzene rings is 1. The Hall–Kier alpha value is -1.53. The molecular weight excluding hydrogens is 441 g/mol. The summed E-state index contributed by atoms with van der Waals surface area (Å²) in [5.74, 6) is 0.161. The molecule has 1 fully saturated rings. The van der Waals surface area contributed by atoms with Gasteiger partial charge in [0.1, 0.15) is 6.61 Å². The molecule has 1 saturated heterocycles. The van der Waals surface area contributed by atoms with Crippen LogP contribution < -0.4 is 5.56 Å². The van der Waals surface area contributed by atoms with Crippen LogP contribution in [0.2, 0.25) is 0 Å². The second kappa shape index (κ2) is 11.3. The van der Waals surface area contributed by atoms with E-state index < -0.39 is 0 Å². The molecule has 1 aliphatic heterocycles.